The van der Waals surface area contributed by atoms with Crippen LogP contribution in [0.5, 0.6) is 0 Å². The molecule has 1 aromatic rings. The van der Waals surface area contributed by atoms with Crippen molar-refractivity contribution in [2.45, 2.75) is 5.38 Å². The van der Waals surface area contributed by atoms with Gasteiger partial charge in [-0.3, -0.25) is 0 Å². The van der Waals surface area contributed by atoms with Crippen LogP contribution in [-0.4, -0.2) is 17.1 Å². The Morgan fingerprint density at radius 2 is 1.50 bits per heavy atom. The molecule has 0 unspecified atom stereocenters. The molecule has 1 heterocycles. The highest BCUT2D eigenvalue weighted by Crippen LogP contribution is 1.99. The van der Waals surface area contributed by atoms with Crippen molar-refractivity contribution in [2.75, 3.05) is 11.8 Å². The highest BCUT2D eigenvalue weighted by Gasteiger charge is 1.95. The summed E-state index contributed by atoms with van der Waals surface area (Å²) >= 11 is 17.6. The second kappa shape index (κ2) is 11.9. The fourth-order valence-corrected chi connectivity index (χ4v) is 1.05. The van der Waals surface area contributed by atoms with Gasteiger partial charge < -0.3 is 0 Å². The minimum atomic E-state index is -0.0617. The molecule has 0 aliphatic rings. The number of thiophene rings is 1. The third-order valence-electron chi connectivity index (χ3n) is 0.760. The zero-order valence-electron chi connectivity index (χ0n) is 6.25. The topological polar surface area (TPSA) is 0 Å². The van der Waals surface area contributed by atoms with Crippen LogP contribution in [0.3, 0.4) is 0 Å². The Balaban J connectivity index is 0. The van der Waals surface area contributed by atoms with E-state index in [0.29, 0.717) is 11.8 Å². The zero-order chi connectivity index (χ0) is 8.53. The Labute approximate surface area is 98.2 Å². The number of rotatable bonds is 2. The molecule has 0 aliphatic heterocycles. The lowest BCUT2D eigenvalue weighted by molar-refractivity contribution is 1.12. The van der Waals surface area contributed by atoms with E-state index in [9.17, 15) is 0 Å². The van der Waals surface area contributed by atoms with E-state index in [1.165, 1.54) is 0 Å². The quantitative estimate of drug-likeness (QED) is 0.703. The lowest BCUT2D eigenvalue weighted by atomic mass is 10.6. The van der Waals surface area contributed by atoms with Gasteiger partial charge in [0.1, 0.15) is 0 Å². The summed E-state index contributed by atoms with van der Waals surface area (Å²) in [6, 6.07) is 4.04. The van der Waals surface area contributed by atoms with Crippen molar-refractivity contribution in [2.24, 2.45) is 0 Å². The Morgan fingerprint density at radius 3 is 1.58 bits per heavy atom. The molecule has 0 aliphatic carbocycles. The first-order chi connectivity index (χ1) is 5.31. The SMILES string of the molecule is Cl.ClCC(Cl)CCl.c1ccsc1. The van der Waals surface area contributed by atoms with Crippen molar-refractivity contribution in [1.82, 2.24) is 0 Å². The summed E-state index contributed by atoms with van der Waals surface area (Å²) in [5.41, 5.74) is 0. The molecule has 0 atom stereocenters. The summed E-state index contributed by atoms with van der Waals surface area (Å²) in [4.78, 5) is 0. The largest absolute Gasteiger partial charge is 0.152 e. The molecular formula is C7H10Cl4S. The van der Waals surface area contributed by atoms with Gasteiger partial charge in [0.25, 0.3) is 0 Å². The van der Waals surface area contributed by atoms with Gasteiger partial charge in [-0.15, -0.1) is 47.2 Å². The average molecular weight is 268 g/mol. The van der Waals surface area contributed by atoms with Gasteiger partial charge in [0.05, 0.1) is 5.38 Å². The number of hydrogen-bond acceptors (Lipinski definition) is 1. The molecule has 5 heteroatoms. The van der Waals surface area contributed by atoms with Gasteiger partial charge in [0.15, 0.2) is 0 Å². The van der Waals surface area contributed by atoms with Crippen molar-refractivity contribution in [1.29, 1.82) is 0 Å². The van der Waals surface area contributed by atoms with Crippen LogP contribution in [0.4, 0.5) is 0 Å². The molecule has 0 aromatic carbocycles. The molecule has 0 saturated heterocycles. The molecule has 0 bridgehead atoms. The molecule has 1 aromatic heterocycles. The van der Waals surface area contributed by atoms with Gasteiger partial charge in [-0.2, -0.15) is 11.3 Å². The van der Waals surface area contributed by atoms with E-state index >= 15 is 0 Å². The summed E-state index contributed by atoms with van der Waals surface area (Å²) in [7, 11) is 0. The minimum absolute atomic E-state index is 0. The summed E-state index contributed by atoms with van der Waals surface area (Å²) < 4.78 is 0. The van der Waals surface area contributed by atoms with Crippen LogP contribution in [0.15, 0.2) is 22.9 Å². The molecule has 0 fully saturated rings. The summed E-state index contributed by atoms with van der Waals surface area (Å²) in [5.74, 6) is 0.871. The second-order valence-corrected chi connectivity index (χ2v) is 3.75. The van der Waals surface area contributed by atoms with E-state index in [4.69, 9.17) is 34.8 Å². The van der Waals surface area contributed by atoms with Crippen LogP contribution in [-0.2, 0) is 0 Å². The predicted octanol–water partition coefficient (Wildman–Crippen LogP) is 4.24. The Morgan fingerprint density at radius 1 is 1.08 bits per heavy atom. The van der Waals surface area contributed by atoms with Gasteiger partial charge in [-0.05, 0) is 10.8 Å². The Hall–Kier alpha value is 0.860. The van der Waals surface area contributed by atoms with Crippen molar-refractivity contribution in [3.63, 3.8) is 0 Å². The molecule has 0 radical (unpaired) electrons. The molecule has 0 saturated carbocycles. The molecule has 0 amide bonds. The molecule has 72 valence electrons. The molecular weight excluding hydrogens is 258 g/mol. The smallest absolute Gasteiger partial charge is 0.0606 e. The van der Waals surface area contributed by atoms with Crippen molar-refractivity contribution in [3.05, 3.63) is 22.9 Å². The van der Waals surface area contributed by atoms with Gasteiger partial charge in [0.2, 0.25) is 0 Å². The highest BCUT2D eigenvalue weighted by molar-refractivity contribution is 7.07. The molecule has 1 rings (SSSR count). The van der Waals surface area contributed by atoms with Crippen LogP contribution in [0.25, 0.3) is 0 Å². The number of hydrogen-bond donors (Lipinski definition) is 0. The Bertz CT molecular complexity index is 122. The fourth-order valence-electron chi connectivity index (χ4n) is 0.268. The van der Waals surface area contributed by atoms with E-state index in [1.54, 1.807) is 11.3 Å². The molecule has 0 nitrogen and oxygen atoms in total. The number of halogens is 4. The minimum Gasteiger partial charge on any atom is -0.152 e. The molecule has 12 heavy (non-hydrogen) atoms. The van der Waals surface area contributed by atoms with E-state index in [-0.39, 0.29) is 17.8 Å². The van der Waals surface area contributed by atoms with E-state index in [0.717, 1.165) is 0 Å². The zero-order valence-corrected chi connectivity index (χ0v) is 10.2. The van der Waals surface area contributed by atoms with Gasteiger partial charge >= 0.3 is 0 Å². The first-order valence-corrected chi connectivity index (χ1v) is 5.49. The third kappa shape index (κ3) is 10.9. The lowest BCUT2D eigenvalue weighted by Gasteiger charge is -1.92. The van der Waals surface area contributed by atoms with Gasteiger partial charge in [0, 0.05) is 11.8 Å². The van der Waals surface area contributed by atoms with Crippen LogP contribution in [0, 0.1) is 0 Å². The molecule has 0 N–H and O–H groups in total. The summed E-state index contributed by atoms with van der Waals surface area (Å²) in [6.07, 6.45) is 0. The van der Waals surface area contributed by atoms with Crippen LogP contribution < -0.4 is 0 Å². The highest BCUT2D eigenvalue weighted by atomic mass is 35.5. The molecule has 0 spiro atoms. The number of alkyl halides is 3. The van der Waals surface area contributed by atoms with Crippen LogP contribution >= 0.6 is 58.5 Å². The monoisotopic (exact) mass is 266 g/mol. The van der Waals surface area contributed by atoms with Crippen molar-refractivity contribution < 1.29 is 0 Å². The van der Waals surface area contributed by atoms with E-state index < -0.39 is 0 Å². The summed E-state index contributed by atoms with van der Waals surface area (Å²) in [5, 5.41) is 4.02. The maximum atomic E-state index is 5.39. The predicted molar refractivity (Wildman–Crippen MR) is 62.6 cm³/mol. The van der Waals surface area contributed by atoms with Crippen LogP contribution in [0.2, 0.25) is 0 Å². The third-order valence-corrected chi connectivity index (χ3v) is 2.76. The van der Waals surface area contributed by atoms with E-state index in [2.05, 4.69) is 0 Å². The normalized spacial score (nSPS) is 8.33. The van der Waals surface area contributed by atoms with Gasteiger partial charge in [-0.1, -0.05) is 12.1 Å². The van der Waals surface area contributed by atoms with Crippen molar-refractivity contribution >= 4 is 58.5 Å². The average Bonchev–Trinajstić information content (AvgIpc) is 2.60. The maximum absolute atomic E-state index is 5.39. The first-order valence-electron chi connectivity index (χ1n) is 3.04. The maximum Gasteiger partial charge on any atom is 0.0606 e. The Kier molecular flexibility index (Phi) is 15.2. The summed E-state index contributed by atoms with van der Waals surface area (Å²) in [6.45, 7) is 0. The fraction of sp³-hybridized carbons (Fsp3) is 0.429. The first kappa shape index (κ1) is 15.3. The van der Waals surface area contributed by atoms with Gasteiger partial charge in [-0.25, -0.2) is 0 Å². The van der Waals surface area contributed by atoms with E-state index in [1.807, 2.05) is 22.9 Å². The van der Waals surface area contributed by atoms with Crippen molar-refractivity contribution in [3.8, 4) is 0 Å². The van der Waals surface area contributed by atoms with Crippen LogP contribution in [0.1, 0.15) is 0 Å². The standard InChI is InChI=1S/C4H4S.C3H5Cl3.ClH/c1-2-4-5-3-1;4-1-3(6)2-5;/h1-4H;3H,1-2H2;1H. The lowest BCUT2D eigenvalue weighted by Crippen LogP contribution is -1.99. The second-order valence-electron chi connectivity index (χ2n) is 1.70.